The molecule has 0 aliphatic rings. The van der Waals surface area contributed by atoms with Gasteiger partial charge in [0.05, 0.1) is 26.2 Å². The molecule has 0 aliphatic heterocycles. The Morgan fingerprint density at radius 3 is 1.54 bits per heavy atom. The third kappa shape index (κ3) is 4.57. The third-order valence-electron chi connectivity index (χ3n) is 9.88. The van der Waals surface area contributed by atoms with Crippen LogP contribution in [0.1, 0.15) is 4.11 Å². The standard InChI is InChI=1S/C48H32N2/c1-4-13-33(14-5-1)36-19-12-20-39(29-36)50-47-28-25-40(32-44(47)42-26-23-38(31-48(42)50)35-17-8-3-9-18-35)49-45-22-11-10-21-41(45)43-30-37(24-27-46(43)49)34-15-6-2-7-16-34/h1-32H/i11D,21D,22D. The molecule has 2 heteroatoms. The molecule has 2 aromatic heterocycles. The van der Waals surface area contributed by atoms with Gasteiger partial charge >= 0.3 is 0 Å². The lowest BCUT2D eigenvalue weighted by atomic mass is 10.0. The largest absolute Gasteiger partial charge is 0.309 e. The molecular formula is C48H32N2. The number of aromatic nitrogens is 2. The summed E-state index contributed by atoms with van der Waals surface area (Å²) in [7, 11) is 0. The molecule has 0 atom stereocenters. The molecule has 2 nitrogen and oxygen atoms in total. The van der Waals surface area contributed by atoms with Crippen molar-refractivity contribution in [1.29, 1.82) is 0 Å². The lowest BCUT2D eigenvalue weighted by Crippen LogP contribution is -1.96. The molecule has 10 aromatic rings. The minimum absolute atomic E-state index is 0.0410. The summed E-state index contributed by atoms with van der Waals surface area (Å²) in [5, 5.41) is 3.78. The van der Waals surface area contributed by atoms with E-state index < -0.39 is 0 Å². The predicted octanol–water partition coefficient (Wildman–Crippen LogP) is 12.9. The zero-order valence-electron chi connectivity index (χ0n) is 30.1. The molecule has 8 aromatic carbocycles. The molecule has 0 spiro atoms. The number of fused-ring (bicyclic) bond motifs is 6. The van der Waals surface area contributed by atoms with E-state index in [0.29, 0.717) is 10.9 Å². The van der Waals surface area contributed by atoms with Gasteiger partial charge in [-0.05, 0) is 88.0 Å². The fourth-order valence-corrected chi connectivity index (χ4v) is 7.54. The second-order valence-corrected chi connectivity index (χ2v) is 12.8. The van der Waals surface area contributed by atoms with E-state index in [2.05, 4.69) is 149 Å². The van der Waals surface area contributed by atoms with Crippen LogP contribution in [-0.4, -0.2) is 9.13 Å². The Labute approximate surface area is 294 Å². The van der Waals surface area contributed by atoms with Gasteiger partial charge in [-0.2, -0.15) is 0 Å². The summed E-state index contributed by atoms with van der Waals surface area (Å²) in [6.07, 6.45) is 0. The Balaban J connectivity index is 1.25. The highest BCUT2D eigenvalue weighted by Crippen LogP contribution is 2.39. The number of hydrogen-bond donors (Lipinski definition) is 0. The van der Waals surface area contributed by atoms with Crippen molar-refractivity contribution in [2.24, 2.45) is 0 Å². The van der Waals surface area contributed by atoms with Gasteiger partial charge in [-0.1, -0.05) is 139 Å². The molecule has 0 saturated carbocycles. The van der Waals surface area contributed by atoms with Crippen molar-refractivity contribution in [3.8, 4) is 44.8 Å². The maximum atomic E-state index is 9.14. The first-order valence-corrected chi connectivity index (χ1v) is 16.9. The predicted molar refractivity (Wildman–Crippen MR) is 211 cm³/mol. The maximum Gasteiger partial charge on any atom is 0.0645 e. The van der Waals surface area contributed by atoms with Crippen LogP contribution in [0.3, 0.4) is 0 Å². The highest BCUT2D eigenvalue weighted by Gasteiger charge is 2.18. The van der Waals surface area contributed by atoms with E-state index in [-0.39, 0.29) is 18.1 Å². The second-order valence-electron chi connectivity index (χ2n) is 12.8. The highest BCUT2D eigenvalue weighted by atomic mass is 15.0. The van der Waals surface area contributed by atoms with Gasteiger partial charge in [0.1, 0.15) is 0 Å². The average molecular weight is 640 g/mol. The summed E-state index contributed by atoms with van der Waals surface area (Å²) in [4.78, 5) is 0. The molecule has 10 rings (SSSR count). The number of benzene rings is 8. The van der Waals surface area contributed by atoms with Crippen molar-refractivity contribution in [3.63, 3.8) is 0 Å². The van der Waals surface area contributed by atoms with E-state index in [1.165, 1.54) is 6.07 Å². The van der Waals surface area contributed by atoms with Crippen LogP contribution in [-0.2, 0) is 0 Å². The average Bonchev–Trinajstić information content (AvgIpc) is 3.73. The fourth-order valence-electron chi connectivity index (χ4n) is 7.54. The summed E-state index contributed by atoms with van der Waals surface area (Å²) < 4.78 is 31.2. The Morgan fingerprint density at radius 2 is 0.840 bits per heavy atom. The van der Waals surface area contributed by atoms with Crippen molar-refractivity contribution in [3.05, 3.63) is 194 Å². The molecule has 0 unspecified atom stereocenters. The molecular weight excluding hydrogens is 605 g/mol. The van der Waals surface area contributed by atoms with Gasteiger partial charge < -0.3 is 9.13 Å². The van der Waals surface area contributed by atoms with E-state index in [1.807, 2.05) is 30.3 Å². The van der Waals surface area contributed by atoms with Gasteiger partial charge in [0.15, 0.2) is 0 Å². The van der Waals surface area contributed by atoms with Crippen LogP contribution in [0.2, 0.25) is 0 Å². The lowest BCUT2D eigenvalue weighted by molar-refractivity contribution is 1.17. The van der Waals surface area contributed by atoms with E-state index in [4.69, 9.17) is 4.11 Å². The third-order valence-corrected chi connectivity index (χ3v) is 9.88. The van der Waals surface area contributed by atoms with Crippen molar-refractivity contribution in [1.82, 2.24) is 9.13 Å². The summed E-state index contributed by atoms with van der Waals surface area (Å²) in [5.41, 5.74) is 12.3. The Bertz CT molecular complexity index is 3020. The molecule has 0 N–H and O–H groups in total. The second kappa shape index (κ2) is 11.5. The van der Waals surface area contributed by atoms with Gasteiger partial charge in [-0.15, -0.1) is 0 Å². The lowest BCUT2D eigenvalue weighted by Gasteiger charge is -2.12. The Kier molecular flexibility index (Phi) is 5.84. The van der Waals surface area contributed by atoms with E-state index >= 15 is 0 Å². The first kappa shape index (κ1) is 25.4. The quantitative estimate of drug-likeness (QED) is 0.177. The van der Waals surface area contributed by atoms with Gasteiger partial charge in [0, 0.05) is 32.9 Å². The van der Waals surface area contributed by atoms with Gasteiger partial charge in [-0.25, -0.2) is 0 Å². The molecule has 50 heavy (non-hydrogen) atoms. The van der Waals surface area contributed by atoms with Gasteiger partial charge in [-0.3, -0.25) is 0 Å². The SMILES string of the molecule is [2H]c1cc([2H])c2c3cc(-c4ccccc4)ccc3n(-c3ccc4c(c3)c3ccc(-c5ccccc5)cc3n4-c3cccc(-c4ccccc4)c3)c2c1[2H]. The van der Waals surface area contributed by atoms with Gasteiger partial charge in [0.2, 0.25) is 0 Å². The molecule has 234 valence electrons. The zero-order chi connectivity index (χ0) is 35.6. The summed E-state index contributed by atoms with van der Waals surface area (Å²) in [5.74, 6) is 0. The molecule has 2 heterocycles. The summed E-state index contributed by atoms with van der Waals surface area (Å²) >= 11 is 0. The van der Waals surface area contributed by atoms with Crippen LogP contribution in [0.25, 0.3) is 88.4 Å². The normalized spacial score (nSPS) is 12.4. The number of rotatable bonds is 5. The van der Waals surface area contributed by atoms with E-state index in [9.17, 15) is 0 Å². The minimum Gasteiger partial charge on any atom is -0.309 e. The minimum atomic E-state index is 0.0410. The monoisotopic (exact) mass is 639 g/mol. The molecule has 0 bridgehead atoms. The number of para-hydroxylation sites is 1. The first-order chi connectivity index (χ1) is 26.0. The van der Waals surface area contributed by atoms with Crippen molar-refractivity contribution in [2.75, 3.05) is 0 Å². The maximum absolute atomic E-state index is 9.14. The molecule has 0 fully saturated rings. The molecule has 0 radical (unpaired) electrons. The Hall–Kier alpha value is -6.64. The fraction of sp³-hybridized carbons (Fsp3) is 0. The van der Waals surface area contributed by atoms with Gasteiger partial charge in [0.25, 0.3) is 0 Å². The van der Waals surface area contributed by atoms with Crippen LogP contribution in [0.5, 0.6) is 0 Å². The molecule has 0 aliphatic carbocycles. The first-order valence-electron chi connectivity index (χ1n) is 18.4. The van der Waals surface area contributed by atoms with Crippen molar-refractivity contribution >= 4 is 43.6 Å². The Morgan fingerprint density at radius 1 is 0.300 bits per heavy atom. The van der Waals surface area contributed by atoms with Crippen LogP contribution >= 0.6 is 0 Å². The topological polar surface area (TPSA) is 9.86 Å². The summed E-state index contributed by atoms with van der Waals surface area (Å²) in [6, 6.07) is 61.3. The zero-order valence-corrected chi connectivity index (χ0v) is 27.1. The smallest absolute Gasteiger partial charge is 0.0645 e. The van der Waals surface area contributed by atoms with Crippen molar-refractivity contribution in [2.45, 2.75) is 0 Å². The van der Waals surface area contributed by atoms with Crippen LogP contribution in [0.4, 0.5) is 0 Å². The van der Waals surface area contributed by atoms with E-state index in [1.54, 1.807) is 0 Å². The molecule has 0 saturated heterocycles. The van der Waals surface area contributed by atoms with Crippen LogP contribution < -0.4 is 0 Å². The van der Waals surface area contributed by atoms with Crippen LogP contribution in [0, 0.1) is 0 Å². The van der Waals surface area contributed by atoms with E-state index in [0.717, 1.165) is 77.5 Å². The number of nitrogens with zero attached hydrogens (tertiary/aromatic N) is 2. The van der Waals surface area contributed by atoms with Crippen LogP contribution in [0.15, 0.2) is 194 Å². The molecule has 0 amide bonds. The number of hydrogen-bond acceptors (Lipinski definition) is 0. The highest BCUT2D eigenvalue weighted by molar-refractivity contribution is 6.13. The van der Waals surface area contributed by atoms with Crippen molar-refractivity contribution < 1.29 is 4.11 Å². The summed E-state index contributed by atoms with van der Waals surface area (Å²) in [6.45, 7) is 0.